The summed E-state index contributed by atoms with van der Waals surface area (Å²) in [4.78, 5) is 31.7. The molecule has 0 radical (unpaired) electrons. The normalized spacial score (nSPS) is 14.4. The van der Waals surface area contributed by atoms with Gasteiger partial charge in [0, 0.05) is 30.3 Å². The maximum absolute atomic E-state index is 13.1. The van der Waals surface area contributed by atoms with Gasteiger partial charge >= 0.3 is 0 Å². The lowest BCUT2D eigenvalue weighted by molar-refractivity contribution is -0.121. The van der Waals surface area contributed by atoms with E-state index in [2.05, 4.69) is 15.4 Å². The first-order valence-electron chi connectivity index (χ1n) is 11.2. The molecular formula is C26H25N5O2. The Hall–Kier alpha value is -4.00. The molecule has 1 fully saturated rings. The van der Waals surface area contributed by atoms with Crippen LogP contribution in [-0.2, 0) is 11.3 Å². The number of likely N-dealkylation sites (tertiary alicyclic amines) is 1. The number of carbonyl (C=O) groups is 2. The Morgan fingerprint density at radius 1 is 0.939 bits per heavy atom. The van der Waals surface area contributed by atoms with Crippen LogP contribution in [0.1, 0.15) is 28.8 Å². The van der Waals surface area contributed by atoms with E-state index in [1.165, 1.54) is 6.33 Å². The maximum Gasteiger partial charge on any atom is 0.254 e. The number of aromatic nitrogens is 3. The van der Waals surface area contributed by atoms with Crippen molar-refractivity contribution in [2.75, 3.05) is 18.4 Å². The van der Waals surface area contributed by atoms with Crippen molar-refractivity contribution in [3.8, 4) is 0 Å². The molecule has 1 aliphatic rings. The molecule has 4 aromatic rings. The minimum atomic E-state index is -0.101. The third kappa shape index (κ3) is 4.62. The molecule has 5 rings (SSSR count). The summed E-state index contributed by atoms with van der Waals surface area (Å²) in [6, 6.07) is 21.5. The molecule has 3 aromatic carbocycles. The predicted molar refractivity (Wildman–Crippen MR) is 127 cm³/mol. The number of nitrogens with one attached hydrogen (secondary N) is 1. The van der Waals surface area contributed by atoms with E-state index in [4.69, 9.17) is 0 Å². The fourth-order valence-corrected chi connectivity index (χ4v) is 4.37. The zero-order chi connectivity index (χ0) is 22.6. The number of anilines is 1. The van der Waals surface area contributed by atoms with Gasteiger partial charge in [-0.05, 0) is 47.4 Å². The van der Waals surface area contributed by atoms with Crippen molar-refractivity contribution in [2.45, 2.75) is 19.4 Å². The predicted octanol–water partition coefficient (Wildman–Crippen LogP) is 3.97. The summed E-state index contributed by atoms with van der Waals surface area (Å²) in [5, 5.41) is 9.15. The number of fused-ring (bicyclic) bond motifs is 1. The minimum Gasteiger partial charge on any atom is -0.339 e. The van der Waals surface area contributed by atoms with Gasteiger partial charge in [-0.1, -0.05) is 48.5 Å². The van der Waals surface area contributed by atoms with Gasteiger partial charge in [0.15, 0.2) is 0 Å². The first-order chi connectivity index (χ1) is 16.2. The summed E-state index contributed by atoms with van der Waals surface area (Å²) in [7, 11) is 0. The molecule has 1 N–H and O–H groups in total. The molecule has 0 saturated carbocycles. The molecule has 7 heteroatoms. The molecule has 0 atom stereocenters. The van der Waals surface area contributed by atoms with Gasteiger partial charge in [-0.2, -0.15) is 5.10 Å². The van der Waals surface area contributed by atoms with Gasteiger partial charge in [0.05, 0.1) is 6.54 Å². The van der Waals surface area contributed by atoms with Gasteiger partial charge in [0.25, 0.3) is 5.91 Å². The highest BCUT2D eigenvalue weighted by atomic mass is 16.2. The summed E-state index contributed by atoms with van der Waals surface area (Å²) in [6.07, 6.45) is 4.50. The zero-order valence-electron chi connectivity index (χ0n) is 18.2. The van der Waals surface area contributed by atoms with E-state index in [-0.39, 0.29) is 17.7 Å². The van der Waals surface area contributed by atoms with Crippen LogP contribution in [0.3, 0.4) is 0 Å². The van der Waals surface area contributed by atoms with Crippen LogP contribution < -0.4 is 5.32 Å². The number of hydrogen-bond donors (Lipinski definition) is 1. The van der Waals surface area contributed by atoms with E-state index >= 15 is 0 Å². The van der Waals surface area contributed by atoms with Gasteiger partial charge in [-0.15, -0.1) is 0 Å². The van der Waals surface area contributed by atoms with E-state index in [0.717, 1.165) is 27.6 Å². The topological polar surface area (TPSA) is 80.1 Å². The number of nitrogens with zero attached hydrogens (tertiary/aromatic N) is 4. The van der Waals surface area contributed by atoms with Crippen molar-refractivity contribution in [2.24, 2.45) is 5.92 Å². The lowest BCUT2D eigenvalue weighted by atomic mass is 9.94. The zero-order valence-corrected chi connectivity index (χ0v) is 18.2. The minimum absolute atomic E-state index is 0.0105. The van der Waals surface area contributed by atoms with Gasteiger partial charge in [-0.25, -0.2) is 9.67 Å². The maximum atomic E-state index is 13.1. The molecule has 0 aliphatic carbocycles. The summed E-state index contributed by atoms with van der Waals surface area (Å²) in [5.74, 6) is -0.0543. The summed E-state index contributed by atoms with van der Waals surface area (Å²) >= 11 is 0. The lowest BCUT2D eigenvalue weighted by Crippen LogP contribution is -2.41. The number of benzene rings is 3. The highest BCUT2D eigenvalue weighted by Crippen LogP contribution is 2.24. The Morgan fingerprint density at radius 3 is 2.45 bits per heavy atom. The van der Waals surface area contributed by atoms with Crippen molar-refractivity contribution in [1.82, 2.24) is 19.7 Å². The van der Waals surface area contributed by atoms with Gasteiger partial charge in [-0.3, -0.25) is 9.59 Å². The molecule has 1 saturated heterocycles. The fraction of sp³-hybridized carbons (Fsp3) is 0.231. The van der Waals surface area contributed by atoms with E-state index in [1.807, 2.05) is 71.6 Å². The smallest absolute Gasteiger partial charge is 0.254 e. The second kappa shape index (κ2) is 9.24. The van der Waals surface area contributed by atoms with Crippen LogP contribution in [-0.4, -0.2) is 44.6 Å². The SMILES string of the molecule is O=C(Nc1ccc(Cn2cncn2)cc1)C1CCN(C(=O)c2cccc3ccccc23)CC1. The second-order valence-electron chi connectivity index (χ2n) is 8.37. The molecule has 1 aliphatic heterocycles. The van der Waals surface area contributed by atoms with Crippen LogP contribution in [0.5, 0.6) is 0 Å². The van der Waals surface area contributed by atoms with Gasteiger partial charge in [0.1, 0.15) is 12.7 Å². The van der Waals surface area contributed by atoms with E-state index in [0.29, 0.717) is 32.5 Å². The summed E-state index contributed by atoms with van der Waals surface area (Å²) < 4.78 is 1.75. The van der Waals surface area contributed by atoms with Crippen molar-refractivity contribution in [1.29, 1.82) is 0 Å². The Balaban J connectivity index is 1.17. The van der Waals surface area contributed by atoms with Gasteiger partial charge < -0.3 is 10.2 Å². The highest BCUT2D eigenvalue weighted by molar-refractivity contribution is 6.07. The third-order valence-electron chi connectivity index (χ3n) is 6.21. The number of piperidine rings is 1. The number of carbonyl (C=O) groups excluding carboxylic acids is 2. The van der Waals surface area contributed by atoms with E-state index in [9.17, 15) is 9.59 Å². The average molecular weight is 440 g/mol. The fourth-order valence-electron chi connectivity index (χ4n) is 4.37. The summed E-state index contributed by atoms with van der Waals surface area (Å²) in [6.45, 7) is 1.80. The molecule has 166 valence electrons. The van der Waals surface area contributed by atoms with Crippen LogP contribution in [0.4, 0.5) is 5.69 Å². The molecule has 2 heterocycles. The quantitative estimate of drug-likeness (QED) is 0.510. The van der Waals surface area contributed by atoms with E-state index in [1.54, 1.807) is 11.0 Å². The molecular weight excluding hydrogens is 414 g/mol. The molecule has 33 heavy (non-hydrogen) atoms. The van der Waals surface area contributed by atoms with Gasteiger partial charge in [0.2, 0.25) is 5.91 Å². The van der Waals surface area contributed by atoms with E-state index < -0.39 is 0 Å². The number of rotatable bonds is 5. The molecule has 7 nitrogen and oxygen atoms in total. The standard InChI is InChI=1S/C26H25N5O2/c32-25(29-22-10-8-19(9-11-22)16-31-18-27-17-28-31)21-12-14-30(15-13-21)26(33)24-7-3-5-20-4-1-2-6-23(20)24/h1-11,17-18,21H,12-16H2,(H,29,32). The molecule has 1 aromatic heterocycles. The summed E-state index contributed by atoms with van der Waals surface area (Å²) in [5.41, 5.74) is 2.58. The van der Waals surface area contributed by atoms with Crippen LogP contribution in [0.25, 0.3) is 10.8 Å². The van der Waals surface area contributed by atoms with Crippen molar-refractivity contribution < 1.29 is 9.59 Å². The van der Waals surface area contributed by atoms with Crippen LogP contribution in [0, 0.1) is 5.92 Å². The molecule has 2 amide bonds. The third-order valence-corrected chi connectivity index (χ3v) is 6.21. The average Bonchev–Trinajstić information content (AvgIpc) is 3.37. The Kier molecular flexibility index (Phi) is 5.85. The van der Waals surface area contributed by atoms with Crippen LogP contribution in [0.15, 0.2) is 79.4 Å². The molecule has 0 bridgehead atoms. The lowest BCUT2D eigenvalue weighted by Gasteiger charge is -2.31. The second-order valence-corrected chi connectivity index (χ2v) is 8.37. The first-order valence-corrected chi connectivity index (χ1v) is 11.2. The molecule has 0 unspecified atom stereocenters. The Morgan fingerprint density at radius 2 is 1.70 bits per heavy atom. The largest absolute Gasteiger partial charge is 0.339 e. The Labute approximate surface area is 192 Å². The van der Waals surface area contributed by atoms with Crippen LogP contribution >= 0.6 is 0 Å². The van der Waals surface area contributed by atoms with Crippen molar-refractivity contribution in [3.63, 3.8) is 0 Å². The number of amides is 2. The van der Waals surface area contributed by atoms with Crippen molar-refractivity contribution in [3.05, 3.63) is 90.5 Å². The highest BCUT2D eigenvalue weighted by Gasteiger charge is 2.28. The monoisotopic (exact) mass is 439 g/mol. The van der Waals surface area contributed by atoms with Crippen LogP contribution in [0.2, 0.25) is 0 Å². The Bertz CT molecular complexity index is 1250. The molecule has 0 spiro atoms. The van der Waals surface area contributed by atoms with Crippen molar-refractivity contribution >= 4 is 28.3 Å². The number of hydrogen-bond acceptors (Lipinski definition) is 4. The first kappa shape index (κ1) is 20.9.